The van der Waals surface area contributed by atoms with Gasteiger partial charge in [-0.1, -0.05) is 25.1 Å². The first-order chi connectivity index (χ1) is 17.4. The normalized spacial score (nSPS) is 12.1. The van der Waals surface area contributed by atoms with Crippen molar-refractivity contribution in [3.63, 3.8) is 0 Å². The molecule has 1 atom stereocenters. The molecule has 9 nitrogen and oxygen atoms in total. The van der Waals surface area contributed by atoms with E-state index >= 15 is 0 Å². The summed E-state index contributed by atoms with van der Waals surface area (Å²) in [5, 5.41) is 2.98. The van der Waals surface area contributed by atoms with Crippen LogP contribution in [0.2, 0.25) is 0 Å². The molecule has 2 aromatic carbocycles. The third-order valence-electron chi connectivity index (χ3n) is 6.01. The Kier molecular flexibility index (Phi) is 8.17. The molecule has 196 valence electrons. The number of nitrogens with zero attached hydrogens (tertiary/aromatic N) is 2. The van der Waals surface area contributed by atoms with Gasteiger partial charge in [0.15, 0.2) is 5.69 Å². The number of halogens is 1. The number of nitrogens with two attached hydrogens (primary N) is 2. The van der Waals surface area contributed by atoms with Crippen LogP contribution in [0.25, 0.3) is 0 Å². The van der Waals surface area contributed by atoms with Crippen LogP contribution in [-0.4, -0.2) is 34.7 Å². The van der Waals surface area contributed by atoms with E-state index in [9.17, 15) is 18.8 Å². The number of aromatic nitrogens is 1. The van der Waals surface area contributed by atoms with Crippen LogP contribution in [0, 0.1) is 12.7 Å². The monoisotopic (exact) mass is 527 g/mol. The molecular weight excluding hydrogens is 497 g/mol. The first kappa shape index (κ1) is 27.6. The van der Waals surface area contributed by atoms with E-state index in [2.05, 4.69) is 9.69 Å². The molecule has 0 unspecified atom stereocenters. The molecule has 3 rings (SSSR count). The summed E-state index contributed by atoms with van der Waals surface area (Å²) >= 11 is 0.698. The topological polar surface area (TPSA) is 141 Å². The van der Waals surface area contributed by atoms with Gasteiger partial charge in [-0.2, -0.15) is 4.37 Å². The van der Waals surface area contributed by atoms with Crippen molar-refractivity contribution in [1.82, 2.24) is 9.69 Å². The summed E-state index contributed by atoms with van der Waals surface area (Å²) in [5.41, 5.74) is 11.8. The van der Waals surface area contributed by atoms with Gasteiger partial charge in [-0.25, -0.2) is 4.39 Å². The van der Waals surface area contributed by atoms with Crippen LogP contribution in [-0.2, 0) is 4.79 Å². The van der Waals surface area contributed by atoms with Crippen molar-refractivity contribution in [3.05, 3.63) is 70.0 Å². The lowest BCUT2D eigenvalue weighted by molar-refractivity contribution is -0.124. The van der Waals surface area contributed by atoms with Crippen LogP contribution in [0.15, 0.2) is 42.5 Å². The van der Waals surface area contributed by atoms with Crippen molar-refractivity contribution in [1.29, 1.82) is 0 Å². The van der Waals surface area contributed by atoms with E-state index in [1.54, 1.807) is 18.2 Å². The van der Waals surface area contributed by atoms with E-state index < -0.39 is 35.1 Å². The number of methoxy groups -OCH3 is 1. The van der Waals surface area contributed by atoms with Gasteiger partial charge >= 0.3 is 0 Å². The number of rotatable bonds is 9. The van der Waals surface area contributed by atoms with Crippen molar-refractivity contribution in [2.75, 3.05) is 17.7 Å². The number of carbonyl (C=O) groups is 3. The number of aryl methyl sites for hydroxylation is 1. The maximum atomic E-state index is 14.2. The summed E-state index contributed by atoms with van der Waals surface area (Å²) in [6, 6.07) is 9.20. The summed E-state index contributed by atoms with van der Waals surface area (Å²) < 4.78 is 23.4. The molecule has 3 amide bonds. The van der Waals surface area contributed by atoms with Crippen molar-refractivity contribution >= 4 is 40.6 Å². The van der Waals surface area contributed by atoms with E-state index in [0.29, 0.717) is 29.3 Å². The lowest BCUT2D eigenvalue weighted by atomic mass is 9.97. The molecule has 0 saturated carbocycles. The molecule has 0 saturated heterocycles. The minimum Gasteiger partial charge on any atom is -0.495 e. The zero-order valence-electron chi connectivity index (χ0n) is 21.3. The Labute approximate surface area is 218 Å². The number of hydrogen-bond acceptors (Lipinski definition) is 7. The molecule has 1 heterocycles. The van der Waals surface area contributed by atoms with E-state index in [0.717, 1.165) is 5.56 Å². The fourth-order valence-corrected chi connectivity index (χ4v) is 4.39. The largest absolute Gasteiger partial charge is 0.495 e. The number of benzene rings is 2. The molecule has 1 aromatic heterocycles. The Morgan fingerprint density at radius 2 is 1.84 bits per heavy atom. The number of carbonyl (C=O) groups excluding carboxylic acids is 3. The maximum absolute atomic E-state index is 14.2. The highest BCUT2D eigenvalue weighted by Crippen LogP contribution is 2.39. The quantitative estimate of drug-likeness (QED) is 0.385. The van der Waals surface area contributed by atoms with Crippen LogP contribution < -0.4 is 26.4 Å². The summed E-state index contributed by atoms with van der Waals surface area (Å²) in [5.74, 6) is -2.28. The highest BCUT2D eigenvalue weighted by Gasteiger charge is 2.38. The Morgan fingerprint density at radius 3 is 2.38 bits per heavy atom. The van der Waals surface area contributed by atoms with Gasteiger partial charge in [0, 0.05) is 5.54 Å². The molecular formula is C26H30FN5O4S. The third-order valence-corrected chi connectivity index (χ3v) is 6.86. The van der Waals surface area contributed by atoms with Gasteiger partial charge in [0.2, 0.25) is 5.91 Å². The predicted octanol–water partition coefficient (Wildman–Crippen LogP) is 3.97. The molecule has 0 aliphatic heterocycles. The third kappa shape index (κ3) is 5.88. The first-order valence-electron chi connectivity index (χ1n) is 11.5. The number of amides is 3. The first-order valence-corrected chi connectivity index (χ1v) is 12.3. The molecule has 0 fully saturated rings. The molecule has 3 aromatic rings. The van der Waals surface area contributed by atoms with Gasteiger partial charge in [0.25, 0.3) is 11.8 Å². The minimum absolute atomic E-state index is 0.0768. The lowest BCUT2D eigenvalue weighted by Crippen LogP contribution is -2.50. The SMILES string of the molecule is CCC(C)(C)NC(=O)[C@@H](c1ccc(F)cc1)N(C(=O)c1snc(C(N)=O)c1N)c1cc(C)ccc1OC. The van der Waals surface area contributed by atoms with E-state index in [1.165, 1.54) is 36.3 Å². The molecule has 37 heavy (non-hydrogen) atoms. The number of nitrogen functional groups attached to an aromatic ring is 1. The van der Waals surface area contributed by atoms with Crippen LogP contribution >= 0.6 is 11.5 Å². The van der Waals surface area contributed by atoms with Gasteiger partial charge in [-0.05, 0) is 74.1 Å². The fourth-order valence-electron chi connectivity index (χ4n) is 3.65. The van der Waals surface area contributed by atoms with Crippen molar-refractivity contribution in [2.24, 2.45) is 5.73 Å². The van der Waals surface area contributed by atoms with Gasteiger partial charge in [-0.3, -0.25) is 19.3 Å². The van der Waals surface area contributed by atoms with Gasteiger partial charge in [0.1, 0.15) is 22.5 Å². The molecule has 0 bridgehead atoms. The molecule has 0 radical (unpaired) electrons. The molecule has 0 aliphatic carbocycles. The number of anilines is 2. The standard InChI is InChI=1S/C26H30FN5O4S/c1-6-26(3,4)30-24(34)21(15-8-10-16(27)11-9-15)32(17-13-14(2)7-12-18(17)36-5)25(35)22-19(28)20(23(29)33)31-37-22/h7-13,21H,6,28H2,1-5H3,(H2,29,33)(H,30,34)/t21-/m1/s1. The average Bonchev–Trinajstić information content (AvgIpc) is 3.24. The second kappa shape index (κ2) is 11.0. The molecule has 5 N–H and O–H groups in total. The minimum atomic E-state index is -1.26. The van der Waals surface area contributed by atoms with E-state index in [1.807, 2.05) is 27.7 Å². The Morgan fingerprint density at radius 1 is 1.19 bits per heavy atom. The Bertz CT molecular complexity index is 1320. The van der Waals surface area contributed by atoms with Crippen LogP contribution in [0.3, 0.4) is 0 Å². The number of nitrogens with one attached hydrogen (secondary N) is 1. The second-order valence-electron chi connectivity index (χ2n) is 9.17. The zero-order chi connectivity index (χ0) is 27.5. The van der Waals surface area contributed by atoms with Crippen LogP contribution in [0.4, 0.5) is 15.8 Å². The second-order valence-corrected chi connectivity index (χ2v) is 9.94. The summed E-state index contributed by atoms with van der Waals surface area (Å²) in [6.07, 6.45) is 0.611. The van der Waals surface area contributed by atoms with Gasteiger partial charge < -0.3 is 21.5 Å². The van der Waals surface area contributed by atoms with E-state index in [4.69, 9.17) is 16.2 Å². The summed E-state index contributed by atoms with van der Waals surface area (Å²) in [4.78, 5) is 41.0. The lowest BCUT2D eigenvalue weighted by Gasteiger charge is -2.35. The molecule has 11 heteroatoms. The van der Waals surface area contributed by atoms with Gasteiger partial charge in [0.05, 0.1) is 18.5 Å². The van der Waals surface area contributed by atoms with Crippen molar-refractivity contribution in [2.45, 2.75) is 45.7 Å². The zero-order valence-corrected chi connectivity index (χ0v) is 22.1. The smallest absolute Gasteiger partial charge is 0.273 e. The maximum Gasteiger partial charge on any atom is 0.273 e. The predicted molar refractivity (Wildman–Crippen MR) is 141 cm³/mol. The number of primary amides is 1. The van der Waals surface area contributed by atoms with Crippen molar-refractivity contribution < 1.29 is 23.5 Å². The van der Waals surface area contributed by atoms with Crippen LogP contribution in [0.5, 0.6) is 5.75 Å². The highest BCUT2D eigenvalue weighted by molar-refractivity contribution is 7.09. The van der Waals surface area contributed by atoms with Crippen LogP contribution in [0.1, 0.15) is 64.5 Å². The molecule has 0 aliphatic rings. The highest BCUT2D eigenvalue weighted by atomic mass is 32.1. The Hall–Kier alpha value is -3.99. The average molecular weight is 528 g/mol. The molecule has 0 spiro atoms. The van der Waals surface area contributed by atoms with E-state index in [-0.39, 0.29) is 21.9 Å². The Balaban J connectivity index is 2.31. The number of ether oxygens (including phenoxy) is 1. The van der Waals surface area contributed by atoms with Gasteiger partial charge in [-0.15, -0.1) is 0 Å². The fraction of sp³-hybridized carbons (Fsp3) is 0.308. The summed E-state index contributed by atoms with van der Waals surface area (Å²) in [7, 11) is 1.44. The number of hydrogen-bond donors (Lipinski definition) is 3. The summed E-state index contributed by atoms with van der Waals surface area (Å²) in [6.45, 7) is 7.45. The van der Waals surface area contributed by atoms with Crippen molar-refractivity contribution in [3.8, 4) is 5.75 Å².